The Morgan fingerprint density at radius 3 is 1.76 bits per heavy atom. The number of rotatable bonds is 18. The summed E-state index contributed by atoms with van der Waals surface area (Å²) >= 11 is 0. The maximum Gasteiger partial charge on any atom is 0.315 e. The Morgan fingerprint density at radius 1 is 0.828 bits per heavy atom. The lowest BCUT2D eigenvalue weighted by atomic mass is 10.0. The molecule has 0 aliphatic carbocycles. The zero-order valence-electron chi connectivity index (χ0n) is 16.5. The third-order valence-corrected chi connectivity index (χ3v) is 4.04. The first-order valence-corrected chi connectivity index (χ1v) is 9.41. The summed E-state index contributed by atoms with van der Waals surface area (Å²) in [5.41, 5.74) is -1.46. The van der Waals surface area contributed by atoms with Gasteiger partial charge in [0.2, 0.25) is 0 Å². The molecule has 0 aliphatic heterocycles. The minimum atomic E-state index is -1.46. The standard InChI is InChI=1S/C17H34N2O10/c20-6-13(7-21)28-11-17(10-24,12-29-14(8-22)9-23)19-16(27)18-5-3-1-2-4-15(25)26/h13-14,20-24H,1-12H2,(H,25,26)(H2,18,19,27). The number of urea groups is 1. The van der Waals surface area contributed by atoms with Gasteiger partial charge >= 0.3 is 12.0 Å². The zero-order chi connectivity index (χ0) is 22.1. The Morgan fingerprint density at radius 2 is 1.34 bits per heavy atom. The van der Waals surface area contributed by atoms with Crippen molar-refractivity contribution >= 4 is 12.0 Å². The Hall–Kier alpha value is -1.54. The molecule has 172 valence electrons. The monoisotopic (exact) mass is 426 g/mol. The molecule has 2 amide bonds. The van der Waals surface area contributed by atoms with E-state index in [0.717, 1.165) is 0 Å². The van der Waals surface area contributed by atoms with Gasteiger partial charge in [-0.2, -0.15) is 0 Å². The number of aliphatic carboxylic acids is 1. The first kappa shape index (κ1) is 27.5. The second kappa shape index (κ2) is 16.3. The van der Waals surface area contributed by atoms with Crippen molar-refractivity contribution < 1.29 is 49.7 Å². The number of amides is 2. The molecular weight excluding hydrogens is 392 g/mol. The Kier molecular flexibility index (Phi) is 15.4. The predicted octanol–water partition coefficient (Wildman–Crippen LogP) is -2.60. The van der Waals surface area contributed by atoms with Gasteiger partial charge in [0.15, 0.2) is 0 Å². The van der Waals surface area contributed by atoms with Gasteiger partial charge in [0.1, 0.15) is 17.7 Å². The van der Waals surface area contributed by atoms with Gasteiger partial charge in [-0.25, -0.2) is 4.79 Å². The third-order valence-electron chi connectivity index (χ3n) is 4.04. The van der Waals surface area contributed by atoms with Gasteiger partial charge in [0.05, 0.1) is 46.2 Å². The van der Waals surface area contributed by atoms with Crippen molar-refractivity contribution in [2.75, 3.05) is 52.8 Å². The fourth-order valence-corrected chi connectivity index (χ4v) is 2.19. The van der Waals surface area contributed by atoms with Crippen LogP contribution in [0.15, 0.2) is 0 Å². The van der Waals surface area contributed by atoms with Crippen LogP contribution in [-0.4, -0.2) is 113 Å². The van der Waals surface area contributed by atoms with Gasteiger partial charge in [-0.3, -0.25) is 4.79 Å². The van der Waals surface area contributed by atoms with Crippen molar-refractivity contribution in [1.29, 1.82) is 0 Å². The molecule has 0 bridgehead atoms. The molecule has 0 fully saturated rings. The number of hydrogen-bond donors (Lipinski definition) is 8. The van der Waals surface area contributed by atoms with E-state index in [0.29, 0.717) is 19.3 Å². The lowest BCUT2D eigenvalue weighted by Gasteiger charge is -2.34. The van der Waals surface area contributed by atoms with Crippen LogP contribution in [0.4, 0.5) is 4.79 Å². The first-order valence-electron chi connectivity index (χ1n) is 9.41. The molecule has 29 heavy (non-hydrogen) atoms. The summed E-state index contributed by atoms with van der Waals surface area (Å²) in [6.45, 7) is -2.87. The molecular formula is C17H34N2O10. The second-order valence-corrected chi connectivity index (χ2v) is 6.62. The highest BCUT2D eigenvalue weighted by Gasteiger charge is 2.34. The van der Waals surface area contributed by atoms with Crippen molar-refractivity contribution in [3.8, 4) is 0 Å². The summed E-state index contributed by atoms with van der Waals surface area (Å²) in [5.74, 6) is -0.878. The maximum atomic E-state index is 12.2. The molecule has 0 saturated heterocycles. The van der Waals surface area contributed by atoms with Crippen LogP contribution in [0.1, 0.15) is 25.7 Å². The summed E-state index contributed by atoms with van der Waals surface area (Å²) in [7, 11) is 0. The highest BCUT2D eigenvalue weighted by molar-refractivity contribution is 5.74. The molecule has 0 aliphatic rings. The predicted molar refractivity (Wildman–Crippen MR) is 100 cm³/mol. The molecule has 0 aromatic heterocycles. The molecule has 0 heterocycles. The molecule has 0 atom stereocenters. The number of ether oxygens (including phenoxy) is 2. The quantitative estimate of drug-likeness (QED) is 0.108. The lowest BCUT2D eigenvalue weighted by molar-refractivity contribution is -0.137. The van der Waals surface area contributed by atoms with E-state index in [1.807, 2.05) is 0 Å². The topological polar surface area (TPSA) is 198 Å². The molecule has 12 nitrogen and oxygen atoms in total. The average molecular weight is 426 g/mol. The molecule has 0 unspecified atom stereocenters. The van der Waals surface area contributed by atoms with E-state index in [9.17, 15) is 14.7 Å². The maximum absolute atomic E-state index is 12.2. The summed E-state index contributed by atoms with van der Waals surface area (Å²) in [5, 5.41) is 59.9. The molecule has 0 radical (unpaired) electrons. The van der Waals surface area contributed by atoms with Crippen LogP contribution in [0.3, 0.4) is 0 Å². The van der Waals surface area contributed by atoms with E-state index in [2.05, 4.69) is 10.6 Å². The summed E-state index contributed by atoms with van der Waals surface area (Å²) in [6, 6.07) is -0.640. The van der Waals surface area contributed by atoms with Crippen LogP contribution in [0.2, 0.25) is 0 Å². The van der Waals surface area contributed by atoms with Crippen LogP contribution >= 0.6 is 0 Å². The highest BCUT2D eigenvalue weighted by Crippen LogP contribution is 2.10. The van der Waals surface area contributed by atoms with Gasteiger partial charge in [0.25, 0.3) is 0 Å². The van der Waals surface area contributed by atoms with Gasteiger partial charge in [-0.05, 0) is 12.8 Å². The molecule has 8 N–H and O–H groups in total. The van der Waals surface area contributed by atoms with Gasteiger partial charge < -0.3 is 50.7 Å². The summed E-state index contributed by atoms with van der Waals surface area (Å²) in [4.78, 5) is 22.6. The number of carboxylic acids is 1. The Bertz CT molecular complexity index is 428. The minimum Gasteiger partial charge on any atom is -0.481 e. The largest absolute Gasteiger partial charge is 0.481 e. The number of carbonyl (C=O) groups excluding carboxylic acids is 1. The van der Waals surface area contributed by atoms with Crippen molar-refractivity contribution in [3.05, 3.63) is 0 Å². The zero-order valence-corrected chi connectivity index (χ0v) is 16.5. The lowest BCUT2D eigenvalue weighted by Crippen LogP contribution is -2.61. The van der Waals surface area contributed by atoms with Crippen LogP contribution in [0.5, 0.6) is 0 Å². The fourth-order valence-electron chi connectivity index (χ4n) is 2.19. The number of aliphatic hydroxyl groups is 5. The Balaban J connectivity index is 4.74. The molecule has 0 aromatic carbocycles. The molecule has 0 spiro atoms. The van der Waals surface area contributed by atoms with Crippen LogP contribution in [0.25, 0.3) is 0 Å². The van der Waals surface area contributed by atoms with E-state index in [-0.39, 0.29) is 26.2 Å². The van der Waals surface area contributed by atoms with Crippen molar-refractivity contribution in [1.82, 2.24) is 10.6 Å². The van der Waals surface area contributed by atoms with Crippen LogP contribution in [-0.2, 0) is 14.3 Å². The van der Waals surface area contributed by atoms with Crippen LogP contribution in [0, 0.1) is 0 Å². The third kappa shape index (κ3) is 12.6. The average Bonchev–Trinajstić information content (AvgIpc) is 2.71. The van der Waals surface area contributed by atoms with E-state index in [1.165, 1.54) is 0 Å². The number of aliphatic hydroxyl groups excluding tert-OH is 5. The number of hydrogen-bond acceptors (Lipinski definition) is 9. The number of carbonyl (C=O) groups is 2. The molecule has 0 saturated carbocycles. The first-order chi connectivity index (χ1) is 13.9. The van der Waals surface area contributed by atoms with Crippen molar-refractivity contribution in [2.45, 2.75) is 43.4 Å². The van der Waals surface area contributed by atoms with E-state index in [4.69, 9.17) is 35.0 Å². The highest BCUT2D eigenvalue weighted by atomic mass is 16.5. The number of carboxylic acid groups (broad SMARTS) is 1. The normalized spacial score (nSPS) is 11.8. The smallest absolute Gasteiger partial charge is 0.315 e. The Labute approximate surface area is 169 Å². The SMILES string of the molecule is O=C(O)CCCCCNC(=O)NC(CO)(COC(CO)CO)COC(CO)CO. The van der Waals surface area contributed by atoms with E-state index >= 15 is 0 Å². The van der Waals surface area contributed by atoms with Gasteiger partial charge in [0, 0.05) is 13.0 Å². The van der Waals surface area contributed by atoms with E-state index in [1.54, 1.807) is 0 Å². The van der Waals surface area contributed by atoms with Gasteiger partial charge in [-0.15, -0.1) is 0 Å². The van der Waals surface area contributed by atoms with Crippen molar-refractivity contribution in [3.63, 3.8) is 0 Å². The van der Waals surface area contributed by atoms with E-state index < -0.39 is 62.8 Å². The minimum absolute atomic E-state index is 0.0578. The van der Waals surface area contributed by atoms with Gasteiger partial charge in [-0.1, -0.05) is 6.42 Å². The number of nitrogens with one attached hydrogen (secondary N) is 2. The second-order valence-electron chi connectivity index (χ2n) is 6.62. The summed E-state index contributed by atoms with van der Waals surface area (Å²) < 4.78 is 10.6. The molecule has 0 rings (SSSR count). The fraction of sp³-hybridized carbons (Fsp3) is 0.882. The number of unbranched alkanes of at least 4 members (excludes halogenated alkanes) is 2. The molecule has 0 aromatic rings. The molecule has 12 heteroatoms. The summed E-state index contributed by atoms with van der Waals surface area (Å²) in [6.07, 6.45) is -0.115. The van der Waals surface area contributed by atoms with Crippen molar-refractivity contribution in [2.24, 2.45) is 0 Å². The van der Waals surface area contributed by atoms with Crippen LogP contribution < -0.4 is 10.6 Å².